The highest BCUT2D eigenvalue weighted by Gasteiger charge is 2.12. The third-order valence-electron chi connectivity index (χ3n) is 2.03. The van der Waals surface area contributed by atoms with Gasteiger partial charge in [-0.25, -0.2) is 0 Å². The zero-order valence-electron chi connectivity index (χ0n) is 8.82. The third-order valence-corrected chi connectivity index (χ3v) is 2.89. The molecule has 0 aliphatic rings. The molecule has 0 fully saturated rings. The normalized spacial score (nSPS) is 9.73. The van der Waals surface area contributed by atoms with Crippen LogP contribution in [-0.2, 0) is 4.79 Å². The van der Waals surface area contributed by atoms with E-state index in [0.29, 0.717) is 17.8 Å². The molecule has 1 aromatic rings. The summed E-state index contributed by atoms with van der Waals surface area (Å²) in [6.45, 7) is 0.441. The maximum Gasteiger partial charge on any atom is 0.263 e. The number of carbonyl (C=O) groups is 2. The van der Waals surface area contributed by atoms with Gasteiger partial charge in [0.05, 0.1) is 4.88 Å². The van der Waals surface area contributed by atoms with Gasteiger partial charge in [0.25, 0.3) is 5.91 Å². The van der Waals surface area contributed by atoms with E-state index in [1.807, 2.05) is 11.4 Å². The van der Waals surface area contributed by atoms with Gasteiger partial charge in [0.15, 0.2) is 0 Å². The van der Waals surface area contributed by atoms with Gasteiger partial charge in [0.2, 0.25) is 5.91 Å². The molecular weight excluding hydrogens is 212 g/mol. The van der Waals surface area contributed by atoms with Crippen LogP contribution in [0.1, 0.15) is 16.1 Å². The van der Waals surface area contributed by atoms with Crippen LogP contribution in [0.15, 0.2) is 17.5 Å². The molecule has 0 spiro atoms. The van der Waals surface area contributed by atoms with Crippen LogP contribution in [-0.4, -0.2) is 37.4 Å². The van der Waals surface area contributed by atoms with Gasteiger partial charge in [-0.15, -0.1) is 11.3 Å². The van der Waals surface area contributed by atoms with Gasteiger partial charge >= 0.3 is 0 Å². The van der Waals surface area contributed by atoms with Gasteiger partial charge in [-0.2, -0.15) is 0 Å². The smallest absolute Gasteiger partial charge is 0.263 e. The summed E-state index contributed by atoms with van der Waals surface area (Å²) in [5.41, 5.74) is 0. The lowest BCUT2D eigenvalue weighted by Crippen LogP contribution is -2.30. The van der Waals surface area contributed by atoms with E-state index in [-0.39, 0.29) is 11.8 Å². The van der Waals surface area contributed by atoms with Crippen molar-refractivity contribution in [3.8, 4) is 0 Å². The summed E-state index contributed by atoms with van der Waals surface area (Å²) in [5.74, 6) is -0.0882. The lowest BCUT2D eigenvalue weighted by atomic mass is 10.3. The number of nitrogens with zero attached hydrogens (tertiary/aromatic N) is 1. The number of amides is 2. The highest BCUT2D eigenvalue weighted by molar-refractivity contribution is 7.12. The zero-order chi connectivity index (χ0) is 11.3. The van der Waals surface area contributed by atoms with E-state index >= 15 is 0 Å². The monoisotopic (exact) mass is 226 g/mol. The standard InChI is InChI=1S/C10H14N2O2S/c1-11-9(13)5-6-12(2)10(14)8-4-3-7-15-8/h3-4,7H,5-6H2,1-2H3,(H,11,13). The van der Waals surface area contributed by atoms with E-state index in [2.05, 4.69) is 5.32 Å². The van der Waals surface area contributed by atoms with Gasteiger partial charge in [-0.3, -0.25) is 9.59 Å². The number of nitrogens with one attached hydrogen (secondary N) is 1. The molecule has 1 aromatic heterocycles. The van der Waals surface area contributed by atoms with Crippen molar-refractivity contribution in [2.75, 3.05) is 20.6 Å². The number of hydrogen-bond donors (Lipinski definition) is 1. The largest absolute Gasteiger partial charge is 0.359 e. The molecule has 1 heterocycles. The van der Waals surface area contributed by atoms with Crippen molar-refractivity contribution in [1.29, 1.82) is 0 Å². The molecule has 0 bridgehead atoms. The van der Waals surface area contributed by atoms with E-state index in [1.165, 1.54) is 11.3 Å². The van der Waals surface area contributed by atoms with E-state index in [4.69, 9.17) is 0 Å². The van der Waals surface area contributed by atoms with Gasteiger partial charge in [-0.1, -0.05) is 6.07 Å². The van der Waals surface area contributed by atoms with Crippen molar-refractivity contribution in [2.45, 2.75) is 6.42 Å². The van der Waals surface area contributed by atoms with E-state index in [9.17, 15) is 9.59 Å². The van der Waals surface area contributed by atoms with Crippen molar-refractivity contribution in [3.05, 3.63) is 22.4 Å². The number of hydrogen-bond acceptors (Lipinski definition) is 3. The Bertz CT molecular complexity index is 335. The van der Waals surface area contributed by atoms with Gasteiger partial charge < -0.3 is 10.2 Å². The van der Waals surface area contributed by atoms with Gasteiger partial charge in [-0.05, 0) is 11.4 Å². The van der Waals surface area contributed by atoms with Gasteiger partial charge in [0, 0.05) is 27.1 Å². The third kappa shape index (κ3) is 3.36. The second kappa shape index (κ2) is 5.50. The van der Waals surface area contributed by atoms with Crippen molar-refractivity contribution < 1.29 is 9.59 Å². The fourth-order valence-electron chi connectivity index (χ4n) is 1.08. The predicted molar refractivity (Wildman–Crippen MR) is 60.0 cm³/mol. The van der Waals surface area contributed by atoms with Crippen molar-refractivity contribution in [1.82, 2.24) is 10.2 Å². The molecule has 0 aromatic carbocycles. The minimum Gasteiger partial charge on any atom is -0.359 e. The lowest BCUT2D eigenvalue weighted by molar-refractivity contribution is -0.120. The molecule has 0 atom stereocenters. The topological polar surface area (TPSA) is 49.4 Å². The molecule has 5 heteroatoms. The number of thiophene rings is 1. The van der Waals surface area contributed by atoms with Crippen LogP contribution < -0.4 is 5.32 Å². The average Bonchev–Trinajstić information content (AvgIpc) is 2.77. The molecule has 2 amide bonds. The number of rotatable bonds is 4. The Balaban J connectivity index is 2.44. The van der Waals surface area contributed by atoms with Gasteiger partial charge in [0.1, 0.15) is 0 Å². The molecule has 4 nitrogen and oxygen atoms in total. The molecule has 1 rings (SSSR count). The fourth-order valence-corrected chi connectivity index (χ4v) is 1.80. The maximum atomic E-state index is 11.7. The summed E-state index contributed by atoms with van der Waals surface area (Å²) in [5, 5.41) is 4.38. The van der Waals surface area contributed by atoms with Crippen LogP contribution in [0.3, 0.4) is 0 Å². The summed E-state index contributed by atoms with van der Waals surface area (Å²) < 4.78 is 0. The summed E-state index contributed by atoms with van der Waals surface area (Å²) in [7, 11) is 3.29. The van der Waals surface area contributed by atoms with E-state index in [0.717, 1.165) is 0 Å². The molecule has 0 unspecified atom stereocenters. The fraction of sp³-hybridized carbons (Fsp3) is 0.400. The zero-order valence-corrected chi connectivity index (χ0v) is 9.63. The molecule has 0 radical (unpaired) electrons. The highest BCUT2D eigenvalue weighted by atomic mass is 32.1. The van der Waals surface area contributed by atoms with Crippen molar-refractivity contribution in [2.24, 2.45) is 0 Å². The first-order valence-corrected chi connectivity index (χ1v) is 5.52. The minimum atomic E-state index is -0.0548. The summed E-state index contributed by atoms with van der Waals surface area (Å²) in [6.07, 6.45) is 0.337. The maximum absolute atomic E-state index is 11.7. The summed E-state index contributed by atoms with van der Waals surface area (Å²) in [4.78, 5) is 24.9. The Morgan fingerprint density at radius 2 is 2.27 bits per heavy atom. The Morgan fingerprint density at radius 3 is 2.80 bits per heavy atom. The van der Waals surface area contributed by atoms with Crippen LogP contribution in [0, 0.1) is 0 Å². The molecule has 0 saturated carbocycles. The van der Waals surface area contributed by atoms with Crippen LogP contribution in [0.25, 0.3) is 0 Å². The molecule has 0 aliphatic heterocycles. The van der Waals surface area contributed by atoms with Crippen molar-refractivity contribution in [3.63, 3.8) is 0 Å². The average molecular weight is 226 g/mol. The lowest BCUT2D eigenvalue weighted by Gasteiger charge is -2.15. The Hall–Kier alpha value is -1.36. The molecule has 15 heavy (non-hydrogen) atoms. The first kappa shape index (κ1) is 11.7. The molecule has 1 N–H and O–H groups in total. The molecule has 82 valence electrons. The van der Waals surface area contributed by atoms with Crippen LogP contribution in [0.4, 0.5) is 0 Å². The Morgan fingerprint density at radius 1 is 1.53 bits per heavy atom. The predicted octanol–water partition coefficient (Wildman–Crippen LogP) is 0.956. The SMILES string of the molecule is CNC(=O)CCN(C)C(=O)c1cccs1. The van der Waals surface area contributed by atoms with Crippen LogP contribution >= 0.6 is 11.3 Å². The first-order valence-electron chi connectivity index (χ1n) is 4.64. The van der Waals surface area contributed by atoms with E-state index in [1.54, 1.807) is 25.1 Å². The van der Waals surface area contributed by atoms with Crippen molar-refractivity contribution >= 4 is 23.2 Å². The molecule has 0 aliphatic carbocycles. The number of carbonyl (C=O) groups excluding carboxylic acids is 2. The Kier molecular flexibility index (Phi) is 4.30. The first-order chi connectivity index (χ1) is 7.15. The van der Waals surface area contributed by atoms with Crippen LogP contribution in [0.2, 0.25) is 0 Å². The highest BCUT2D eigenvalue weighted by Crippen LogP contribution is 2.10. The quantitative estimate of drug-likeness (QED) is 0.831. The second-order valence-electron chi connectivity index (χ2n) is 3.13. The Labute approximate surface area is 92.9 Å². The van der Waals surface area contributed by atoms with Crippen LogP contribution in [0.5, 0.6) is 0 Å². The minimum absolute atomic E-state index is 0.0334. The summed E-state index contributed by atoms with van der Waals surface area (Å²) >= 11 is 1.41. The summed E-state index contributed by atoms with van der Waals surface area (Å²) in [6, 6.07) is 3.62. The molecular formula is C10H14N2O2S. The molecule has 0 saturated heterocycles. The second-order valence-corrected chi connectivity index (χ2v) is 4.07. The van der Waals surface area contributed by atoms with E-state index < -0.39 is 0 Å².